The van der Waals surface area contributed by atoms with Gasteiger partial charge in [0.15, 0.2) is 0 Å². The van der Waals surface area contributed by atoms with Gasteiger partial charge in [-0.2, -0.15) is 0 Å². The summed E-state index contributed by atoms with van der Waals surface area (Å²) in [5, 5.41) is 5.13. The fourth-order valence-electron chi connectivity index (χ4n) is 2.55. The molecule has 3 heteroatoms. The number of rotatable bonds is 6. The summed E-state index contributed by atoms with van der Waals surface area (Å²) >= 11 is 1.75. The molecule has 0 aliphatic heterocycles. The van der Waals surface area contributed by atoms with Gasteiger partial charge in [-0.05, 0) is 35.9 Å². The van der Waals surface area contributed by atoms with Crippen molar-refractivity contribution < 1.29 is 4.79 Å². The van der Waals surface area contributed by atoms with E-state index in [-0.39, 0.29) is 5.91 Å². The maximum atomic E-state index is 12.2. The van der Waals surface area contributed by atoms with Crippen molar-refractivity contribution >= 4 is 22.9 Å². The van der Waals surface area contributed by atoms with Gasteiger partial charge in [0, 0.05) is 22.5 Å². The molecule has 116 valence electrons. The van der Waals surface area contributed by atoms with Gasteiger partial charge in [0.2, 0.25) is 5.91 Å². The Morgan fingerprint density at radius 2 is 1.70 bits per heavy atom. The van der Waals surface area contributed by atoms with Crippen LogP contribution in [0.2, 0.25) is 0 Å². The second-order valence-corrected chi connectivity index (χ2v) is 6.42. The molecule has 0 spiro atoms. The van der Waals surface area contributed by atoms with Crippen LogP contribution >= 0.6 is 11.3 Å². The third kappa shape index (κ3) is 4.30. The van der Waals surface area contributed by atoms with Crippen molar-refractivity contribution in [1.82, 2.24) is 0 Å². The number of aryl methyl sites for hydroxylation is 1. The second kappa shape index (κ2) is 7.75. The van der Waals surface area contributed by atoms with E-state index >= 15 is 0 Å². The highest BCUT2D eigenvalue weighted by molar-refractivity contribution is 7.09. The average molecular weight is 321 g/mol. The summed E-state index contributed by atoms with van der Waals surface area (Å²) in [4.78, 5) is 13.6. The first-order chi connectivity index (χ1) is 11.3. The van der Waals surface area contributed by atoms with Crippen LogP contribution in [-0.4, -0.2) is 5.91 Å². The summed E-state index contributed by atoms with van der Waals surface area (Å²) < 4.78 is 0. The molecular formula is C20H19NOS. The lowest BCUT2D eigenvalue weighted by Gasteiger charge is -2.11. The second-order valence-electron chi connectivity index (χ2n) is 5.39. The van der Waals surface area contributed by atoms with Crippen LogP contribution in [0.1, 0.15) is 17.7 Å². The van der Waals surface area contributed by atoms with E-state index in [1.807, 2.05) is 42.5 Å². The molecule has 1 N–H and O–H groups in total. The fraction of sp³-hybridized carbons (Fsp3) is 0.150. The minimum Gasteiger partial charge on any atom is -0.326 e. The lowest BCUT2D eigenvalue weighted by molar-refractivity contribution is -0.116. The highest BCUT2D eigenvalue weighted by atomic mass is 32.1. The molecule has 0 aliphatic rings. The Morgan fingerprint density at radius 1 is 0.913 bits per heavy atom. The molecular weight excluding hydrogens is 302 g/mol. The summed E-state index contributed by atoms with van der Waals surface area (Å²) in [5.41, 5.74) is 3.04. The molecule has 1 amide bonds. The molecule has 0 bridgehead atoms. The number of para-hydroxylation sites is 1. The zero-order chi connectivity index (χ0) is 15.9. The molecule has 2 nitrogen and oxygen atoms in total. The third-order valence-electron chi connectivity index (χ3n) is 3.69. The van der Waals surface area contributed by atoms with Crippen molar-refractivity contribution in [2.45, 2.75) is 19.3 Å². The molecule has 1 heterocycles. The number of hydrogen-bond donors (Lipinski definition) is 1. The first-order valence-corrected chi connectivity index (χ1v) is 8.67. The van der Waals surface area contributed by atoms with Crippen LogP contribution in [0.4, 0.5) is 5.69 Å². The van der Waals surface area contributed by atoms with Gasteiger partial charge in [0.05, 0.1) is 0 Å². The molecule has 23 heavy (non-hydrogen) atoms. The monoisotopic (exact) mass is 321 g/mol. The Labute approximate surface area is 140 Å². The molecule has 0 saturated carbocycles. The van der Waals surface area contributed by atoms with E-state index in [0.717, 1.165) is 29.7 Å². The molecule has 0 saturated heterocycles. The van der Waals surface area contributed by atoms with E-state index in [0.29, 0.717) is 6.42 Å². The summed E-state index contributed by atoms with van der Waals surface area (Å²) in [6.07, 6.45) is 2.38. The normalized spacial score (nSPS) is 10.4. The Balaban J connectivity index is 1.62. The standard InChI is InChI=1S/C20H19NOS/c22-20(14-6-10-17-11-7-15-23-17)21-19-13-5-4-12-18(19)16-8-2-1-3-9-16/h1-5,7-9,11-13,15H,6,10,14H2,(H,21,22). The Morgan fingerprint density at radius 3 is 2.48 bits per heavy atom. The van der Waals surface area contributed by atoms with E-state index in [4.69, 9.17) is 0 Å². The van der Waals surface area contributed by atoms with Gasteiger partial charge in [0.25, 0.3) is 0 Å². The van der Waals surface area contributed by atoms with Crippen molar-refractivity contribution in [2.75, 3.05) is 5.32 Å². The quantitative estimate of drug-likeness (QED) is 0.649. The van der Waals surface area contributed by atoms with Crippen molar-refractivity contribution in [1.29, 1.82) is 0 Å². The lowest BCUT2D eigenvalue weighted by atomic mass is 10.0. The number of benzene rings is 2. The fourth-order valence-corrected chi connectivity index (χ4v) is 3.30. The smallest absolute Gasteiger partial charge is 0.224 e. The van der Waals surface area contributed by atoms with Gasteiger partial charge in [-0.15, -0.1) is 11.3 Å². The van der Waals surface area contributed by atoms with E-state index in [1.54, 1.807) is 11.3 Å². The van der Waals surface area contributed by atoms with Gasteiger partial charge in [0.1, 0.15) is 0 Å². The first kappa shape index (κ1) is 15.5. The molecule has 0 aliphatic carbocycles. The van der Waals surface area contributed by atoms with Crippen LogP contribution in [0.25, 0.3) is 11.1 Å². The zero-order valence-electron chi connectivity index (χ0n) is 12.9. The van der Waals surface area contributed by atoms with Crippen LogP contribution in [0.3, 0.4) is 0 Å². The van der Waals surface area contributed by atoms with Crippen LogP contribution in [-0.2, 0) is 11.2 Å². The number of thiophene rings is 1. The lowest BCUT2D eigenvalue weighted by Crippen LogP contribution is -2.12. The number of carbonyl (C=O) groups excluding carboxylic acids is 1. The average Bonchev–Trinajstić information content (AvgIpc) is 3.09. The maximum absolute atomic E-state index is 12.2. The Bertz CT molecular complexity index is 750. The van der Waals surface area contributed by atoms with Crippen molar-refractivity contribution in [3.05, 3.63) is 77.0 Å². The predicted molar refractivity (Wildman–Crippen MR) is 97.8 cm³/mol. The summed E-state index contributed by atoms with van der Waals surface area (Å²) in [7, 11) is 0. The first-order valence-electron chi connectivity index (χ1n) is 7.79. The van der Waals surface area contributed by atoms with Gasteiger partial charge in [-0.1, -0.05) is 54.6 Å². The minimum absolute atomic E-state index is 0.0740. The number of nitrogens with one attached hydrogen (secondary N) is 1. The SMILES string of the molecule is O=C(CCCc1cccs1)Nc1ccccc1-c1ccccc1. The van der Waals surface area contributed by atoms with Crippen LogP contribution < -0.4 is 5.32 Å². The molecule has 3 rings (SSSR count). The van der Waals surface area contributed by atoms with Crippen molar-refractivity contribution in [3.8, 4) is 11.1 Å². The molecule has 3 aromatic rings. The van der Waals surface area contributed by atoms with E-state index in [1.165, 1.54) is 4.88 Å². The van der Waals surface area contributed by atoms with Gasteiger partial charge in [-0.3, -0.25) is 4.79 Å². The van der Waals surface area contributed by atoms with Gasteiger partial charge in [-0.25, -0.2) is 0 Å². The highest BCUT2D eigenvalue weighted by Gasteiger charge is 2.08. The summed E-state index contributed by atoms with van der Waals surface area (Å²) in [5.74, 6) is 0.0740. The molecule has 0 atom stereocenters. The number of hydrogen-bond acceptors (Lipinski definition) is 2. The Kier molecular flexibility index (Phi) is 5.22. The third-order valence-corrected chi connectivity index (χ3v) is 4.63. The number of carbonyl (C=O) groups is 1. The van der Waals surface area contributed by atoms with E-state index in [2.05, 4.69) is 35.0 Å². The molecule has 0 fully saturated rings. The van der Waals surface area contributed by atoms with Crippen LogP contribution in [0.15, 0.2) is 72.1 Å². The van der Waals surface area contributed by atoms with Gasteiger partial charge >= 0.3 is 0 Å². The van der Waals surface area contributed by atoms with Crippen LogP contribution in [0, 0.1) is 0 Å². The summed E-state index contributed by atoms with van der Waals surface area (Å²) in [6.45, 7) is 0. The van der Waals surface area contributed by atoms with E-state index in [9.17, 15) is 4.79 Å². The topological polar surface area (TPSA) is 29.1 Å². The molecule has 0 unspecified atom stereocenters. The molecule has 2 aromatic carbocycles. The van der Waals surface area contributed by atoms with Crippen LogP contribution in [0.5, 0.6) is 0 Å². The Hall–Kier alpha value is -2.39. The highest BCUT2D eigenvalue weighted by Crippen LogP contribution is 2.27. The largest absolute Gasteiger partial charge is 0.326 e. The summed E-state index contributed by atoms with van der Waals surface area (Å²) in [6, 6.07) is 22.2. The van der Waals surface area contributed by atoms with E-state index < -0.39 is 0 Å². The molecule has 1 aromatic heterocycles. The predicted octanol–water partition coefficient (Wildman–Crippen LogP) is 5.38. The number of anilines is 1. The molecule has 0 radical (unpaired) electrons. The van der Waals surface area contributed by atoms with Crippen molar-refractivity contribution in [3.63, 3.8) is 0 Å². The minimum atomic E-state index is 0.0740. The van der Waals surface area contributed by atoms with Gasteiger partial charge < -0.3 is 5.32 Å². The van der Waals surface area contributed by atoms with Crippen molar-refractivity contribution in [2.24, 2.45) is 0 Å². The zero-order valence-corrected chi connectivity index (χ0v) is 13.7. The maximum Gasteiger partial charge on any atom is 0.224 e. The number of amides is 1.